The molecule has 0 aliphatic heterocycles. The van der Waals surface area contributed by atoms with E-state index in [1.165, 1.54) is 19.1 Å². The van der Waals surface area contributed by atoms with Gasteiger partial charge in [0.1, 0.15) is 16.5 Å². The highest BCUT2D eigenvalue weighted by atomic mass is 35.5. The number of nitrogens with zero attached hydrogens (tertiary/aromatic N) is 1. The summed E-state index contributed by atoms with van der Waals surface area (Å²) in [5.41, 5.74) is 0.490. The molecule has 0 heterocycles. The number of hydrogen-bond donors (Lipinski definition) is 0. The van der Waals surface area contributed by atoms with Crippen LogP contribution in [0.5, 0.6) is 5.75 Å². The Bertz CT molecular complexity index is 943. The molecule has 8 heteroatoms. The van der Waals surface area contributed by atoms with Gasteiger partial charge in [-0.3, -0.25) is 4.79 Å². The minimum absolute atomic E-state index is 0.0887. The maximum atomic E-state index is 13.1. The first-order valence-electron chi connectivity index (χ1n) is 8.48. The number of amides is 1. The summed E-state index contributed by atoms with van der Waals surface area (Å²) in [5, 5.41) is 0.409. The van der Waals surface area contributed by atoms with Gasteiger partial charge in [-0.15, -0.1) is 0 Å². The quantitative estimate of drug-likeness (QED) is 0.646. The Morgan fingerprint density at radius 2 is 1.89 bits per heavy atom. The summed E-state index contributed by atoms with van der Waals surface area (Å²) in [6.07, 6.45) is 2.17. The molecule has 0 radical (unpaired) electrons. The lowest BCUT2D eigenvalue weighted by Gasteiger charge is -2.22. The van der Waals surface area contributed by atoms with Crippen LogP contribution in [0.1, 0.15) is 25.3 Å². The molecule has 3 rings (SSSR count). The molecule has 0 saturated heterocycles. The van der Waals surface area contributed by atoms with E-state index < -0.39 is 15.9 Å². The second kappa shape index (κ2) is 7.86. The molecular formula is C19H19ClFNO4S. The van der Waals surface area contributed by atoms with Gasteiger partial charge in [-0.1, -0.05) is 11.6 Å². The standard InChI is InChI=1S/C19H19ClFNO4S/c1-13(23)22(11-14-2-3-14)12-15-10-16(20)4-9-19(15)26-27(24,25)18-7-5-17(21)6-8-18/h4-10,14H,2-3,11-12H2,1H3. The van der Waals surface area contributed by atoms with Crippen molar-refractivity contribution in [1.82, 2.24) is 4.90 Å². The molecule has 5 nitrogen and oxygen atoms in total. The second-order valence-corrected chi connectivity index (χ2v) is 8.57. The molecule has 1 saturated carbocycles. The van der Waals surface area contributed by atoms with Crippen molar-refractivity contribution in [2.24, 2.45) is 5.92 Å². The van der Waals surface area contributed by atoms with E-state index in [0.29, 0.717) is 23.0 Å². The fraction of sp³-hybridized carbons (Fsp3) is 0.316. The van der Waals surface area contributed by atoms with Crippen molar-refractivity contribution in [2.75, 3.05) is 6.54 Å². The molecule has 0 N–H and O–H groups in total. The predicted molar refractivity (Wildman–Crippen MR) is 99.5 cm³/mol. The molecule has 27 heavy (non-hydrogen) atoms. The summed E-state index contributed by atoms with van der Waals surface area (Å²) < 4.78 is 43.3. The molecule has 1 aliphatic rings. The largest absolute Gasteiger partial charge is 0.379 e. The Hall–Kier alpha value is -2.12. The second-order valence-electron chi connectivity index (χ2n) is 6.59. The summed E-state index contributed by atoms with van der Waals surface area (Å²) >= 11 is 6.05. The van der Waals surface area contributed by atoms with Crippen molar-refractivity contribution in [1.29, 1.82) is 0 Å². The normalized spacial score (nSPS) is 14.0. The van der Waals surface area contributed by atoms with Crippen molar-refractivity contribution < 1.29 is 21.8 Å². The highest BCUT2D eigenvalue weighted by Gasteiger charge is 2.27. The van der Waals surface area contributed by atoms with Crippen molar-refractivity contribution in [3.05, 3.63) is 58.9 Å². The van der Waals surface area contributed by atoms with Gasteiger partial charge in [0.15, 0.2) is 0 Å². The summed E-state index contributed by atoms with van der Waals surface area (Å²) in [4.78, 5) is 13.4. The molecule has 0 unspecified atom stereocenters. The number of carbonyl (C=O) groups is 1. The van der Waals surface area contributed by atoms with Gasteiger partial charge in [0, 0.05) is 30.6 Å². The number of rotatable bonds is 7. The van der Waals surface area contributed by atoms with Gasteiger partial charge in [-0.2, -0.15) is 8.42 Å². The van der Waals surface area contributed by atoms with E-state index in [-0.39, 0.29) is 23.1 Å². The molecule has 0 spiro atoms. The van der Waals surface area contributed by atoms with Crippen LogP contribution in [0.3, 0.4) is 0 Å². The van der Waals surface area contributed by atoms with Crippen LogP contribution in [0, 0.1) is 11.7 Å². The zero-order chi connectivity index (χ0) is 19.6. The highest BCUT2D eigenvalue weighted by molar-refractivity contribution is 7.87. The number of hydrogen-bond acceptors (Lipinski definition) is 4. The summed E-state index contributed by atoms with van der Waals surface area (Å²) in [6.45, 7) is 2.29. The average molecular weight is 412 g/mol. The zero-order valence-electron chi connectivity index (χ0n) is 14.7. The third kappa shape index (κ3) is 5.20. The van der Waals surface area contributed by atoms with Gasteiger partial charge in [0.2, 0.25) is 5.91 Å². The molecule has 1 aliphatic carbocycles. The van der Waals surface area contributed by atoms with E-state index in [0.717, 1.165) is 37.1 Å². The van der Waals surface area contributed by atoms with Gasteiger partial charge in [-0.05, 0) is 61.2 Å². The van der Waals surface area contributed by atoms with Crippen molar-refractivity contribution in [2.45, 2.75) is 31.2 Å². The fourth-order valence-electron chi connectivity index (χ4n) is 2.64. The Labute approximate surface area is 162 Å². The summed E-state index contributed by atoms with van der Waals surface area (Å²) in [6, 6.07) is 8.91. The van der Waals surface area contributed by atoms with E-state index in [1.807, 2.05) is 0 Å². The third-order valence-electron chi connectivity index (χ3n) is 4.31. The summed E-state index contributed by atoms with van der Waals surface area (Å²) in [7, 11) is -4.15. The fourth-order valence-corrected chi connectivity index (χ4v) is 3.80. The lowest BCUT2D eigenvalue weighted by molar-refractivity contribution is -0.129. The number of carbonyl (C=O) groups excluding carboxylic acids is 1. The Balaban J connectivity index is 1.86. The Kier molecular flexibility index (Phi) is 5.72. The van der Waals surface area contributed by atoms with Crippen molar-refractivity contribution >= 4 is 27.6 Å². The lowest BCUT2D eigenvalue weighted by Crippen LogP contribution is -2.30. The number of halogens is 2. The van der Waals surface area contributed by atoms with Gasteiger partial charge in [0.25, 0.3) is 0 Å². The van der Waals surface area contributed by atoms with Crippen molar-refractivity contribution in [3.63, 3.8) is 0 Å². The molecular weight excluding hydrogens is 393 g/mol. The molecule has 2 aromatic carbocycles. The van der Waals surface area contributed by atoms with Crippen LogP contribution in [0.15, 0.2) is 47.4 Å². The molecule has 2 aromatic rings. The van der Waals surface area contributed by atoms with E-state index >= 15 is 0 Å². The SMILES string of the molecule is CC(=O)N(Cc1cc(Cl)ccc1OS(=O)(=O)c1ccc(F)cc1)CC1CC1. The highest BCUT2D eigenvalue weighted by Crippen LogP contribution is 2.32. The maximum absolute atomic E-state index is 13.1. The number of benzene rings is 2. The van der Waals surface area contributed by atoms with Gasteiger partial charge < -0.3 is 9.08 Å². The van der Waals surface area contributed by atoms with E-state index in [2.05, 4.69) is 0 Å². The third-order valence-corrected chi connectivity index (χ3v) is 5.79. The van der Waals surface area contributed by atoms with Crippen LogP contribution in [-0.2, 0) is 21.5 Å². The van der Waals surface area contributed by atoms with Gasteiger partial charge in [-0.25, -0.2) is 4.39 Å². The van der Waals surface area contributed by atoms with E-state index in [1.54, 1.807) is 11.0 Å². The first-order valence-corrected chi connectivity index (χ1v) is 10.3. The smallest absolute Gasteiger partial charge is 0.339 e. The molecule has 0 aromatic heterocycles. The first-order chi connectivity index (χ1) is 12.7. The Morgan fingerprint density at radius 1 is 1.22 bits per heavy atom. The van der Waals surface area contributed by atoms with Crippen LogP contribution >= 0.6 is 11.6 Å². The summed E-state index contributed by atoms with van der Waals surface area (Å²) in [5.74, 6) is -0.0707. The minimum atomic E-state index is -4.15. The lowest BCUT2D eigenvalue weighted by atomic mass is 10.2. The maximum Gasteiger partial charge on any atom is 0.339 e. The Morgan fingerprint density at radius 3 is 2.48 bits per heavy atom. The topological polar surface area (TPSA) is 63.7 Å². The zero-order valence-corrected chi connectivity index (χ0v) is 16.3. The van der Waals surface area contributed by atoms with Gasteiger partial charge in [0.05, 0.1) is 0 Å². The minimum Gasteiger partial charge on any atom is -0.379 e. The van der Waals surface area contributed by atoms with Gasteiger partial charge >= 0.3 is 10.1 Å². The predicted octanol–water partition coefficient (Wildman–Crippen LogP) is 4.01. The van der Waals surface area contributed by atoms with Crippen LogP contribution in [0.4, 0.5) is 4.39 Å². The molecule has 1 amide bonds. The van der Waals surface area contributed by atoms with E-state index in [9.17, 15) is 17.6 Å². The van der Waals surface area contributed by atoms with Crippen molar-refractivity contribution in [3.8, 4) is 5.75 Å². The molecule has 1 fully saturated rings. The van der Waals surface area contributed by atoms with E-state index in [4.69, 9.17) is 15.8 Å². The molecule has 0 atom stereocenters. The molecule has 144 valence electrons. The van der Waals surface area contributed by atoms with Crippen LogP contribution < -0.4 is 4.18 Å². The molecule has 0 bridgehead atoms. The monoisotopic (exact) mass is 411 g/mol. The van der Waals surface area contributed by atoms with Crippen LogP contribution in [-0.4, -0.2) is 25.8 Å². The van der Waals surface area contributed by atoms with Crippen LogP contribution in [0.25, 0.3) is 0 Å². The average Bonchev–Trinajstić information content (AvgIpc) is 3.41. The first kappa shape index (κ1) is 19.6. The van der Waals surface area contributed by atoms with Crippen LogP contribution in [0.2, 0.25) is 5.02 Å².